The zero-order valence-electron chi connectivity index (χ0n) is 15.3. The molecule has 0 saturated carbocycles. The molecule has 0 aromatic heterocycles. The molecule has 0 atom stereocenters. The number of rotatable bonds is 6. The van der Waals surface area contributed by atoms with Crippen molar-refractivity contribution in [2.45, 2.75) is 4.90 Å². The van der Waals surface area contributed by atoms with Crippen molar-refractivity contribution in [2.24, 2.45) is 0 Å². The quantitative estimate of drug-likeness (QED) is 0.429. The van der Waals surface area contributed by atoms with Crippen molar-refractivity contribution < 1.29 is 19.1 Å². The van der Waals surface area contributed by atoms with E-state index in [0.29, 0.717) is 16.2 Å². The van der Waals surface area contributed by atoms with Gasteiger partial charge in [-0.05, 0) is 66.1 Å². The van der Waals surface area contributed by atoms with Crippen molar-refractivity contribution in [3.8, 4) is 0 Å². The summed E-state index contributed by atoms with van der Waals surface area (Å²) in [6, 6.07) is 14.4. The minimum absolute atomic E-state index is 0.0466. The van der Waals surface area contributed by atoms with Crippen LogP contribution in [0.1, 0.15) is 15.9 Å². The molecule has 1 fully saturated rings. The van der Waals surface area contributed by atoms with E-state index in [0.717, 1.165) is 27.1 Å². The van der Waals surface area contributed by atoms with Crippen molar-refractivity contribution in [3.63, 3.8) is 0 Å². The summed E-state index contributed by atoms with van der Waals surface area (Å²) in [7, 11) is 1.32. The van der Waals surface area contributed by atoms with E-state index in [1.807, 2.05) is 30.5 Å². The van der Waals surface area contributed by atoms with Crippen LogP contribution in [-0.2, 0) is 9.53 Å². The number of carbonyl (C=O) groups excluding carboxylic acids is 3. The molecule has 2 aromatic carbocycles. The molecular formula is C20H18N2O4S2. The topological polar surface area (TPSA) is 75.7 Å². The Bertz CT molecular complexity index is 924. The summed E-state index contributed by atoms with van der Waals surface area (Å²) in [6.07, 6.45) is 3.72. The smallest absolute Gasteiger partial charge is 0.337 e. The Hall–Kier alpha value is -2.71. The Morgan fingerprint density at radius 3 is 2.43 bits per heavy atom. The van der Waals surface area contributed by atoms with Crippen LogP contribution in [0.2, 0.25) is 0 Å². The van der Waals surface area contributed by atoms with Crippen molar-refractivity contribution in [1.82, 2.24) is 4.90 Å². The number of anilines is 1. The van der Waals surface area contributed by atoms with Crippen LogP contribution in [0.3, 0.4) is 0 Å². The van der Waals surface area contributed by atoms with E-state index in [2.05, 4.69) is 10.1 Å². The van der Waals surface area contributed by atoms with Gasteiger partial charge < -0.3 is 10.1 Å². The maximum atomic E-state index is 12.6. The Kier molecular flexibility index (Phi) is 6.43. The first kappa shape index (κ1) is 20.0. The fraction of sp³-hybridized carbons (Fsp3) is 0.150. The van der Waals surface area contributed by atoms with Crippen LogP contribution in [-0.4, -0.2) is 42.0 Å². The fourth-order valence-corrected chi connectivity index (χ4v) is 3.75. The van der Waals surface area contributed by atoms with Gasteiger partial charge in [0.05, 0.1) is 24.2 Å². The third kappa shape index (κ3) is 4.58. The number of methoxy groups -OCH3 is 1. The SMILES string of the molecule is COC(=O)c1ccc(NCN2C(=O)S/C(=C/c3ccc(SC)cc3)C2=O)cc1. The van der Waals surface area contributed by atoms with Crippen LogP contribution in [0.4, 0.5) is 10.5 Å². The average molecular weight is 415 g/mol. The number of benzene rings is 2. The lowest BCUT2D eigenvalue weighted by atomic mass is 10.2. The van der Waals surface area contributed by atoms with E-state index in [1.54, 1.807) is 42.1 Å². The summed E-state index contributed by atoms with van der Waals surface area (Å²) in [5.41, 5.74) is 1.98. The standard InChI is InChI=1S/C20H18N2O4S2/c1-26-19(24)14-5-7-15(8-6-14)21-12-22-18(23)17(28-20(22)25)11-13-3-9-16(27-2)10-4-13/h3-11,21H,12H2,1-2H3/b17-11+. The van der Waals surface area contributed by atoms with Gasteiger partial charge >= 0.3 is 5.97 Å². The molecule has 0 aliphatic carbocycles. The molecule has 2 amide bonds. The maximum absolute atomic E-state index is 12.6. The molecule has 28 heavy (non-hydrogen) atoms. The van der Waals surface area contributed by atoms with Gasteiger partial charge in [-0.3, -0.25) is 14.5 Å². The molecule has 1 aliphatic rings. The molecule has 1 aliphatic heterocycles. The summed E-state index contributed by atoms with van der Waals surface area (Å²) < 4.78 is 4.65. The highest BCUT2D eigenvalue weighted by atomic mass is 32.2. The van der Waals surface area contributed by atoms with Crippen molar-refractivity contribution in [2.75, 3.05) is 25.4 Å². The molecule has 3 rings (SSSR count). The Balaban J connectivity index is 1.64. The van der Waals surface area contributed by atoms with Gasteiger partial charge in [0, 0.05) is 10.6 Å². The van der Waals surface area contributed by atoms with Crippen LogP contribution in [0.5, 0.6) is 0 Å². The highest BCUT2D eigenvalue weighted by Gasteiger charge is 2.34. The summed E-state index contributed by atoms with van der Waals surface area (Å²) in [5, 5.41) is 2.70. The number of nitrogens with zero attached hydrogens (tertiary/aromatic N) is 1. The first-order valence-electron chi connectivity index (χ1n) is 8.33. The Morgan fingerprint density at radius 1 is 1.14 bits per heavy atom. The van der Waals surface area contributed by atoms with Crippen LogP contribution >= 0.6 is 23.5 Å². The zero-order valence-corrected chi connectivity index (χ0v) is 16.9. The number of carbonyl (C=O) groups is 3. The second-order valence-corrected chi connectivity index (χ2v) is 7.66. The van der Waals surface area contributed by atoms with Crippen molar-refractivity contribution >= 4 is 52.4 Å². The van der Waals surface area contributed by atoms with E-state index in [4.69, 9.17) is 0 Å². The number of nitrogens with one attached hydrogen (secondary N) is 1. The van der Waals surface area contributed by atoms with E-state index >= 15 is 0 Å². The van der Waals surface area contributed by atoms with Gasteiger partial charge in [0.1, 0.15) is 0 Å². The predicted octanol–water partition coefficient (Wildman–Crippen LogP) is 4.30. The molecule has 0 spiro atoms. The summed E-state index contributed by atoms with van der Waals surface area (Å²) in [5.74, 6) is -0.754. The molecule has 0 unspecified atom stereocenters. The van der Waals surface area contributed by atoms with Gasteiger partial charge in [-0.1, -0.05) is 12.1 Å². The van der Waals surface area contributed by atoms with Crippen LogP contribution in [0.25, 0.3) is 6.08 Å². The fourth-order valence-electron chi connectivity index (χ4n) is 2.50. The third-order valence-electron chi connectivity index (χ3n) is 4.03. The molecular weight excluding hydrogens is 396 g/mol. The molecule has 144 valence electrons. The number of imide groups is 1. The third-order valence-corrected chi connectivity index (χ3v) is 5.69. The lowest BCUT2D eigenvalue weighted by Crippen LogP contribution is -2.33. The molecule has 8 heteroatoms. The number of hydrogen-bond donors (Lipinski definition) is 1. The molecule has 2 aromatic rings. The largest absolute Gasteiger partial charge is 0.465 e. The van der Waals surface area contributed by atoms with Gasteiger partial charge in [0.25, 0.3) is 11.1 Å². The first-order chi connectivity index (χ1) is 13.5. The van der Waals surface area contributed by atoms with Crippen molar-refractivity contribution in [3.05, 3.63) is 64.6 Å². The Morgan fingerprint density at radius 2 is 1.82 bits per heavy atom. The molecule has 1 saturated heterocycles. The predicted molar refractivity (Wildman–Crippen MR) is 112 cm³/mol. The lowest BCUT2D eigenvalue weighted by molar-refractivity contribution is -0.122. The second kappa shape index (κ2) is 8.99. The van der Waals surface area contributed by atoms with Crippen molar-refractivity contribution in [1.29, 1.82) is 0 Å². The number of amides is 2. The number of thioether (sulfide) groups is 2. The summed E-state index contributed by atoms with van der Waals surface area (Å²) in [4.78, 5) is 38.9. The van der Waals surface area contributed by atoms with E-state index in [-0.39, 0.29) is 17.8 Å². The molecule has 0 radical (unpaired) electrons. The van der Waals surface area contributed by atoms with E-state index in [1.165, 1.54) is 7.11 Å². The van der Waals surface area contributed by atoms with E-state index < -0.39 is 5.97 Å². The van der Waals surface area contributed by atoms with E-state index in [9.17, 15) is 14.4 Å². The molecule has 6 nitrogen and oxygen atoms in total. The number of esters is 1. The first-order valence-corrected chi connectivity index (χ1v) is 10.4. The highest BCUT2D eigenvalue weighted by molar-refractivity contribution is 8.18. The summed E-state index contributed by atoms with van der Waals surface area (Å²) >= 11 is 2.56. The number of ether oxygens (including phenoxy) is 1. The van der Waals surface area contributed by atoms with Gasteiger partial charge in [-0.25, -0.2) is 4.79 Å². The molecule has 0 bridgehead atoms. The van der Waals surface area contributed by atoms with Gasteiger partial charge in [-0.2, -0.15) is 0 Å². The number of hydrogen-bond acceptors (Lipinski definition) is 7. The molecule has 1 N–H and O–H groups in total. The lowest BCUT2D eigenvalue weighted by Gasteiger charge is -2.14. The monoisotopic (exact) mass is 414 g/mol. The van der Waals surface area contributed by atoms with Gasteiger partial charge in [0.2, 0.25) is 0 Å². The summed E-state index contributed by atoms with van der Waals surface area (Å²) in [6.45, 7) is 0.0466. The van der Waals surface area contributed by atoms with Gasteiger partial charge in [0.15, 0.2) is 0 Å². The van der Waals surface area contributed by atoms with Crippen LogP contribution < -0.4 is 5.32 Å². The second-order valence-electron chi connectivity index (χ2n) is 5.79. The average Bonchev–Trinajstić information content (AvgIpc) is 2.99. The molecule has 1 heterocycles. The minimum Gasteiger partial charge on any atom is -0.465 e. The van der Waals surface area contributed by atoms with Crippen LogP contribution in [0, 0.1) is 0 Å². The highest BCUT2D eigenvalue weighted by Crippen LogP contribution is 2.32. The zero-order chi connectivity index (χ0) is 20.1. The maximum Gasteiger partial charge on any atom is 0.337 e. The normalized spacial score (nSPS) is 15.2. The minimum atomic E-state index is -0.423. The van der Waals surface area contributed by atoms with Crippen LogP contribution in [0.15, 0.2) is 58.3 Å². The Labute approximate surface area is 171 Å². The van der Waals surface area contributed by atoms with Gasteiger partial charge in [-0.15, -0.1) is 11.8 Å².